The molecule has 1 aromatic rings. The summed E-state index contributed by atoms with van der Waals surface area (Å²) in [5.41, 5.74) is 0.778. The second-order valence-corrected chi connectivity index (χ2v) is 3.49. The van der Waals surface area contributed by atoms with Gasteiger partial charge in [-0.2, -0.15) is 0 Å². The SMILES string of the molecule is CC(CCCl)C(=O)c1ccccc1. The lowest BCUT2D eigenvalue weighted by Gasteiger charge is -2.07. The van der Waals surface area contributed by atoms with E-state index in [4.69, 9.17) is 11.6 Å². The smallest absolute Gasteiger partial charge is 0.165 e. The van der Waals surface area contributed by atoms with Gasteiger partial charge in [0.25, 0.3) is 0 Å². The van der Waals surface area contributed by atoms with Gasteiger partial charge in [-0.25, -0.2) is 0 Å². The van der Waals surface area contributed by atoms with Gasteiger partial charge in [0, 0.05) is 17.4 Å². The fraction of sp³-hybridized carbons (Fsp3) is 0.364. The molecule has 1 atom stereocenters. The van der Waals surface area contributed by atoms with Crippen molar-refractivity contribution in [1.29, 1.82) is 0 Å². The van der Waals surface area contributed by atoms with Crippen molar-refractivity contribution in [2.24, 2.45) is 5.92 Å². The summed E-state index contributed by atoms with van der Waals surface area (Å²) in [4.78, 5) is 11.7. The third-order valence-electron chi connectivity index (χ3n) is 2.05. The van der Waals surface area contributed by atoms with Crippen molar-refractivity contribution in [2.75, 3.05) is 5.88 Å². The van der Waals surface area contributed by atoms with E-state index in [1.165, 1.54) is 0 Å². The number of hydrogen-bond acceptors (Lipinski definition) is 1. The Morgan fingerprint density at radius 3 is 2.54 bits per heavy atom. The highest BCUT2D eigenvalue weighted by Crippen LogP contribution is 2.12. The molecular formula is C11H13ClO. The predicted molar refractivity (Wildman–Crippen MR) is 55.3 cm³/mol. The average Bonchev–Trinajstić information content (AvgIpc) is 2.18. The third-order valence-corrected chi connectivity index (χ3v) is 2.27. The molecule has 0 saturated carbocycles. The number of carbonyl (C=O) groups is 1. The average molecular weight is 197 g/mol. The van der Waals surface area contributed by atoms with E-state index in [2.05, 4.69) is 0 Å². The summed E-state index contributed by atoms with van der Waals surface area (Å²) in [5.74, 6) is 0.751. The van der Waals surface area contributed by atoms with Gasteiger partial charge in [-0.3, -0.25) is 4.79 Å². The Balaban J connectivity index is 2.68. The summed E-state index contributed by atoms with van der Waals surface area (Å²) >= 11 is 5.58. The number of halogens is 1. The first-order chi connectivity index (χ1) is 6.25. The third kappa shape index (κ3) is 2.85. The zero-order valence-corrected chi connectivity index (χ0v) is 8.42. The van der Waals surface area contributed by atoms with Gasteiger partial charge in [-0.1, -0.05) is 37.3 Å². The number of ketones is 1. The van der Waals surface area contributed by atoms with E-state index in [9.17, 15) is 4.79 Å². The second-order valence-electron chi connectivity index (χ2n) is 3.11. The zero-order chi connectivity index (χ0) is 9.68. The van der Waals surface area contributed by atoms with Crippen LogP contribution in [0.1, 0.15) is 23.7 Å². The maximum Gasteiger partial charge on any atom is 0.165 e. The Labute approximate surface area is 83.7 Å². The normalized spacial score (nSPS) is 12.5. The molecule has 0 spiro atoms. The van der Waals surface area contributed by atoms with Crippen molar-refractivity contribution in [3.05, 3.63) is 35.9 Å². The van der Waals surface area contributed by atoms with Crippen LogP contribution in [0.25, 0.3) is 0 Å². The lowest BCUT2D eigenvalue weighted by Crippen LogP contribution is -2.11. The van der Waals surface area contributed by atoms with Crippen molar-refractivity contribution in [2.45, 2.75) is 13.3 Å². The van der Waals surface area contributed by atoms with Crippen molar-refractivity contribution in [3.63, 3.8) is 0 Å². The largest absolute Gasteiger partial charge is 0.294 e. The number of rotatable bonds is 4. The Bertz CT molecular complexity index is 269. The van der Waals surface area contributed by atoms with Crippen LogP contribution in [-0.4, -0.2) is 11.7 Å². The molecule has 0 radical (unpaired) electrons. The molecule has 1 nitrogen and oxygen atoms in total. The molecule has 1 aromatic carbocycles. The van der Waals surface area contributed by atoms with E-state index < -0.39 is 0 Å². The Kier molecular flexibility index (Phi) is 3.97. The molecule has 0 bridgehead atoms. The molecule has 0 aliphatic carbocycles. The molecule has 2 heteroatoms. The zero-order valence-electron chi connectivity index (χ0n) is 7.66. The maximum atomic E-state index is 11.7. The molecule has 13 heavy (non-hydrogen) atoms. The van der Waals surface area contributed by atoms with Crippen molar-refractivity contribution >= 4 is 17.4 Å². The van der Waals surface area contributed by atoms with Gasteiger partial charge in [0.2, 0.25) is 0 Å². The molecule has 0 fully saturated rings. The van der Waals surface area contributed by atoms with Crippen LogP contribution < -0.4 is 0 Å². The maximum absolute atomic E-state index is 11.7. The number of carbonyl (C=O) groups excluding carboxylic acids is 1. The van der Waals surface area contributed by atoms with Crippen LogP contribution in [-0.2, 0) is 0 Å². The Hall–Kier alpha value is -0.820. The van der Waals surface area contributed by atoms with Gasteiger partial charge >= 0.3 is 0 Å². The first-order valence-corrected chi connectivity index (χ1v) is 4.94. The van der Waals surface area contributed by atoms with E-state index >= 15 is 0 Å². The molecule has 0 heterocycles. The topological polar surface area (TPSA) is 17.1 Å². The highest BCUT2D eigenvalue weighted by atomic mass is 35.5. The summed E-state index contributed by atoms with van der Waals surface area (Å²) in [6, 6.07) is 9.34. The molecule has 0 amide bonds. The number of alkyl halides is 1. The molecule has 70 valence electrons. The quantitative estimate of drug-likeness (QED) is 0.534. The summed E-state index contributed by atoms with van der Waals surface area (Å²) < 4.78 is 0. The predicted octanol–water partition coefficient (Wildman–Crippen LogP) is 3.13. The van der Waals surface area contributed by atoms with Crippen LogP contribution in [0.15, 0.2) is 30.3 Å². The van der Waals surface area contributed by atoms with Gasteiger partial charge in [-0.15, -0.1) is 11.6 Å². The fourth-order valence-corrected chi connectivity index (χ4v) is 1.51. The van der Waals surface area contributed by atoms with Crippen LogP contribution in [0, 0.1) is 5.92 Å². The summed E-state index contributed by atoms with van der Waals surface area (Å²) in [7, 11) is 0. The first kappa shape index (κ1) is 10.3. The summed E-state index contributed by atoms with van der Waals surface area (Å²) in [6.07, 6.45) is 0.745. The molecule has 1 unspecified atom stereocenters. The Morgan fingerprint density at radius 2 is 2.00 bits per heavy atom. The van der Waals surface area contributed by atoms with Crippen LogP contribution in [0.2, 0.25) is 0 Å². The van der Waals surface area contributed by atoms with Gasteiger partial charge in [0.15, 0.2) is 5.78 Å². The molecule has 0 aliphatic heterocycles. The van der Waals surface area contributed by atoms with Crippen molar-refractivity contribution < 1.29 is 4.79 Å². The highest BCUT2D eigenvalue weighted by molar-refractivity contribution is 6.18. The molecular weight excluding hydrogens is 184 g/mol. The van der Waals surface area contributed by atoms with E-state index in [-0.39, 0.29) is 11.7 Å². The van der Waals surface area contributed by atoms with Gasteiger partial charge in [0.1, 0.15) is 0 Å². The van der Waals surface area contributed by atoms with Gasteiger partial charge in [0.05, 0.1) is 0 Å². The van der Waals surface area contributed by atoms with Crippen LogP contribution in [0.4, 0.5) is 0 Å². The number of hydrogen-bond donors (Lipinski definition) is 0. The van der Waals surface area contributed by atoms with Crippen LogP contribution in [0.5, 0.6) is 0 Å². The fourth-order valence-electron chi connectivity index (χ4n) is 1.18. The molecule has 0 aromatic heterocycles. The lowest BCUT2D eigenvalue weighted by molar-refractivity contribution is 0.0927. The van der Waals surface area contributed by atoms with Crippen LogP contribution >= 0.6 is 11.6 Å². The Morgan fingerprint density at radius 1 is 1.38 bits per heavy atom. The highest BCUT2D eigenvalue weighted by Gasteiger charge is 2.13. The van der Waals surface area contributed by atoms with E-state index in [0.717, 1.165) is 12.0 Å². The van der Waals surface area contributed by atoms with Gasteiger partial charge < -0.3 is 0 Å². The standard InChI is InChI=1S/C11H13ClO/c1-9(7-8-12)11(13)10-5-3-2-4-6-10/h2-6,9H,7-8H2,1H3. The molecule has 0 aliphatic rings. The second kappa shape index (κ2) is 5.03. The lowest BCUT2D eigenvalue weighted by atomic mass is 9.97. The van der Waals surface area contributed by atoms with E-state index in [1.807, 2.05) is 37.3 Å². The summed E-state index contributed by atoms with van der Waals surface area (Å²) in [6.45, 7) is 1.91. The van der Waals surface area contributed by atoms with E-state index in [1.54, 1.807) is 0 Å². The monoisotopic (exact) mass is 196 g/mol. The number of Topliss-reactive ketones (excluding diaryl/α,β-unsaturated/α-hetero) is 1. The number of benzene rings is 1. The van der Waals surface area contributed by atoms with Crippen molar-refractivity contribution in [1.82, 2.24) is 0 Å². The van der Waals surface area contributed by atoms with Gasteiger partial charge in [-0.05, 0) is 6.42 Å². The van der Waals surface area contributed by atoms with Crippen molar-refractivity contribution in [3.8, 4) is 0 Å². The molecule has 0 N–H and O–H groups in total. The molecule has 0 saturated heterocycles. The van der Waals surface area contributed by atoms with E-state index in [0.29, 0.717) is 5.88 Å². The first-order valence-electron chi connectivity index (χ1n) is 4.41. The molecule has 1 rings (SSSR count). The summed E-state index contributed by atoms with van der Waals surface area (Å²) in [5, 5.41) is 0. The minimum atomic E-state index is 0.0277. The van der Waals surface area contributed by atoms with Crippen LogP contribution in [0.3, 0.4) is 0 Å². The minimum Gasteiger partial charge on any atom is -0.294 e. The minimum absolute atomic E-state index is 0.0277.